The van der Waals surface area contributed by atoms with Crippen LogP contribution in [0.15, 0.2) is 18.2 Å². The number of nitrogens with zero attached hydrogens (tertiary/aromatic N) is 1. The van der Waals surface area contributed by atoms with Gasteiger partial charge in [0.25, 0.3) is 0 Å². The number of nitrogens with two attached hydrogens (primary N) is 1. The lowest BCUT2D eigenvalue weighted by Crippen LogP contribution is -2.03. The Labute approximate surface area is 120 Å². The van der Waals surface area contributed by atoms with Gasteiger partial charge in [0.1, 0.15) is 11.6 Å². The highest BCUT2D eigenvalue weighted by molar-refractivity contribution is 5.70. The van der Waals surface area contributed by atoms with Crippen LogP contribution in [0, 0.1) is 6.92 Å². The molecule has 0 aliphatic heterocycles. The standard InChI is InChI=1S/C16H23N3O/c1-10(2)12-5-6-14(20-4)13(9-12)16-11(3)18-15(19-16)7-8-17/h5-6,9-10H,7-8,17H2,1-4H3,(H,18,19). The number of nitrogens with one attached hydrogen (secondary N) is 1. The number of rotatable bonds is 5. The second kappa shape index (κ2) is 6.09. The molecule has 0 spiro atoms. The van der Waals surface area contributed by atoms with Crippen LogP contribution in [0.25, 0.3) is 11.3 Å². The summed E-state index contributed by atoms with van der Waals surface area (Å²) in [5, 5.41) is 0. The van der Waals surface area contributed by atoms with E-state index in [1.54, 1.807) is 7.11 Å². The van der Waals surface area contributed by atoms with Gasteiger partial charge in [-0.25, -0.2) is 4.98 Å². The molecular formula is C16H23N3O. The number of benzene rings is 1. The molecule has 1 aromatic carbocycles. The molecule has 2 rings (SSSR count). The minimum atomic E-state index is 0.474. The van der Waals surface area contributed by atoms with Crippen molar-refractivity contribution in [2.24, 2.45) is 5.73 Å². The molecule has 0 aliphatic carbocycles. The summed E-state index contributed by atoms with van der Waals surface area (Å²) in [5.41, 5.74) is 9.91. The van der Waals surface area contributed by atoms with Crippen LogP contribution in [-0.2, 0) is 6.42 Å². The maximum Gasteiger partial charge on any atom is 0.128 e. The zero-order chi connectivity index (χ0) is 14.7. The smallest absolute Gasteiger partial charge is 0.128 e. The van der Waals surface area contributed by atoms with Crippen molar-refractivity contribution in [3.8, 4) is 17.0 Å². The highest BCUT2D eigenvalue weighted by Gasteiger charge is 2.15. The minimum absolute atomic E-state index is 0.474. The number of imidazole rings is 1. The Morgan fingerprint density at radius 3 is 2.70 bits per heavy atom. The van der Waals surface area contributed by atoms with Gasteiger partial charge in [-0.2, -0.15) is 0 Å². The summed E-state index contributed by atoms with van der Waals surface area (Å²) in [6, 6.07) is 6.29. The van der Waals surface area contributed by atoms with Crippen molar-refractivity contribution in [3.63, 3.8) is 0 Å². The zero-order valence-corrected chi connectivity index (χ0v) is 12.7. The van der Waals surface area contributed by atoms with Crippen LogP contribution < -0.4 is 10.5 Å². The fraction of sp³-hybridized carbons (Fsp3) is 0.438. The van der Waals surface area contributed by atoms with Gasteiger partial charge < -0.3 is 15.5 Å². The number of aromatic amines is 1. The summed E-state index contributed by atoms with van der Waals surface area (Å²) in [6.07, 6.45) is 0.757. The van der Waals surface area contributed by atoms with Crippen LogP contribution in [0.2, 0.25) is 0 Å². The first-order valence-electron chi connectivity index (χ1n) is 7.00. The maximum atomic E-state index is 5.59. The van der Waals surface area contributed by atoms with Crippen molar-refractivity contribution in [1.29, 1.82) is 0 Å². The van der Waals surface area contributed by atoms with Crippen molar-refractivity contribution >= 4 is 0 Å². The van der Waals surface area contributed by atoms with E-state index in [0.29, 0.717) is 12.5 Å². The molecular weight excluding hydrogens is 250 g/mol. The lowest BCUT2D eigenvalue weighted by Gasteiger charge is -2.12. The van der Waals surface area contributed by atoms with E-state index in [1.165, 1.54) is 5.56 Å². The van der Waals surface area contributed by atoms with Crippen LogP contribution in [-0.4, -0.2) is 23.6 Å². The van der Waals surface area contributed by atoms with E-state index in [0.717, 1.165) is 34.9 Å². The van der Waals surface area contributed by atoms with Crippen LogP contribution >= 0.6 is 0 Å². The quantitative estimate of drug-likeness (QED) is 0.880. The number of H-pyrrole nitrogens is 1. The molecule has 2 aromatic rings. The first-order chi connectivity index (χ1) is 9.56. The fourth-order valence-corrected chi connectivity index (χ4v) is 2.31. The lowest BCUT2D eigenvalue weighted by atomic mass is 9.98. The molecule has 1 heterocycles. The third kappa shape index (κ3) is 2.85. The molecule has 0 bridgehead atoms. The summed E-state index contributed by atoms with van der Waals surface area (Å²) in [5.74, 6) is 2.25. The Kier molecular flexibility index (Phi) is 4.45. The number of aromatic nitrogens is 2. The zero-order valence-electron chi connectivity index (χ0n) is 12.7. The van der Waals surface area contributed by atoms with E-state index in [-0.39, 0.29) is 0 Å². The van der Waals surface area contributed by atoms with E-state index >= 15 is 0 Å². The first-order valence-corrected chi connectivity index (χ1v) is 7.00. The van der Waals surface area contributed by atoms with Gasteiger partial charge in [-0.3, -0.25) is 0 Å². The molecule has 0 unspecified atom stereocenters. The molecule has 0 fully saturated rings. The lowest BCUT2D eigenvalue weighted by molar-refractivity contribution is 0.416. The monoisotopic (exact) mass is 273 g/mol. The Morgan fingerprint density at radius 2 is 2.10 bits per heavy atom. The SMILES string of the molecule is COc1ccc(C(C)C)cc1-c1nc(CCN)[nH]c1C. The van der Waals surface area contributed by atoms with Crippen molar-refractivity contribution in [2.75, 3.05) is 13.7 Å². The first kappa shape index (κ1) is 14.6. The molecule has 0 amide bonds. The van der Waals surface area contributed by atoms with Gasteiger partial charge in [-0.05, 0) is 37.1 Å². The molecule has 108 valence electrons. The highest BCUT2D eigenvalue weighted by Crippen LogP contribution is 2.33. The average molecular weight is 273 g/mol. The van der Waals surface area contributed by atoms with E-state index in [1.807, 2.05) is 13.0 Å². The third-order valence-corrected chi connectivity index (χ3v) is 3.46. The molecule has 3 N–H and O–H groups in total. The van der Waals surface area contributed by atoms with Crippen LogP contribution in [0.5, 0.6) is 5.75 Å². The van der Waals surface area contributed by atoms with Gasteiger partial charge in [0.15, 0.2) is 0 Å². The normalized spacial score (nSPS) is 11.1. The van der Waals surface area contributed by atoms with Crippen molar-refractivity contribution in [3.05, 3.63) is 35.3 Å². The molecule has 0 saturated heterocycles. The largest absolute Gasteiger partial charge is 0.496 e. The highest BCUT2D eigenvalue weighted by atomic mass is 16.5. The molecule has 0 atom stereocenters. The van der Waals surface area contributed by atoms with E-state index in [9.17, 15) is 0 Å². The van der Waals surface area contributed by atoms with Gasteiger partial charge in [-0.1, -0.05) is 19.9 Å². The van der Waals surface area contributed by atoms with E-state index in [4.69, 9.17) is 10.5 Å². The van der Waals surface area contributed by atoms with Crippen LogP contribution in [0.3, 0.4) is 0 Å². The fourth-order valence-electron chi connectivity index (χ4n) is 2.31. The number of methoxy groups -OCH3 is 1. The summed E-state index contributed by atoms with van der Waals surface area (Å²) in [4.78, 5) is 7.96. The van der Waals surface area contributed by atoms with Crippen molar-refractivity contribution in [1.82, 2.24) is 9.97 Å². The third-order valence-electron chi connectivity index (χ3n) is 3.46. The summed E-state index contributed by atoms with van der Waals surface area (Å²) in [7, 11) is 1.69. The molecule has 0 saturated carbocycles. The molecule has 0 aliphatic rings. The van der Waals surface area contributed by atoms with E-state index < -0.39 is 0 Å². The van der Waals surface area contributed by atoms with Crippen molar-refractivity contribution in [2.45, 2.75) is 33.1 Å². The van der Waals surface area contributed by atoms with Gasteiger partial charge >= 0.3 is 0 Å². The maximum absolute atomic E-state index is 5.59. The molecule has 20 heavy (non-hydrogen) atoms. The number of hydrogen-bond acceptors (Lipinski definition) is 3. The summed E-state index contributed by atoms with van der Waals surface area (Å²) >= 11 is 0. The minimum Gasteiger partial charge on any atom is -0.496 e. The number of hydrogen-bond donors (Lipinski definition) is 2. The Morgan fingerprint density at radius 1 is 1.35 bits per heavy atom. The second-order valence-electron chi connectivity index (χ2n) is 5.31. The summed E-state index contributed by atoms with van der Waals surface area (Å²) < 4.78 is 5.48. The van der Waals surface area contributed by atoms with E-state index in [2.05, 4.69) is 35.9 Å². The van der Waals surface area contributed by atoms with Gasteiger partial charge in [0.2, 0.25) is 0 Å². The predicted octanol–water partition coefficient (Wildman–Crippen LogP) is 3.02. The molecule has 1 aromatic heterocycles. The van der Waals surface area contributed by atoms with Crippen LogP contribution in [0.1, 0.15) is 36.8 Å². The number of aryl methyl sites for hydroxylation is 1. The average Bonchev–Trinajstić information content (AvgIpc) is 2.79. The molecule has 4 nitrogen and oxygen atoms in total. The predicted molar refractivity (Wildman–Crippen MR) is 82.2 cm³/mol. The Balaban J connectivity index is 2.52. The Hall–Kier alpha value is -1.81. The topological polar surface area (TPSA) is 63.9 Å². The summed E-state index contributed by atoms with van der Waals surface area (Å²) in [6.45, 7) is 6.99. The Bertz CT molecular complexity index is 587. The van der Waals surface area contributed by atoms with Crippen LogP contribution in [0.4, 0.5) is 0 Å². The molecule has 0 radical (unpaired) electrons. The van der Waals surface area contributed by atoms with Gasteiger partial charge in [0, 0.05) is 17.7 Å². The second-order valence-corrected chi connectivity index (χ2v) is 5.31. The number of ether oxygens (including phenoxy) is 1. The van der Waals surface area contributed by atoms with Crippen molar-refractivity contribution < 1.29 is 4.74 Å². The van der Waals surface area contributed by atoms with Gasteiger partial charge in [0.05, 0.1) is 12.8 Å². The molecule has 4 heteroatoms. The van der Waals surface area contributed by atoms with Gasteiger partial charge in [-0.15, -0.1) is 0 Å².